The van der Waals surface area contributed by atoms with Gasteiger partial charge < -0.3 is 9.84 Å². The lowest BCUT2D eigenvalue weighted by Crippen LogP contribution is -2.36. The van der Waals surface area contributed by atoms with Crippen molar-refractivity contribution in [3.05, 3.63) is 54.1 Å². The molecule has 3 aromatic rings. The van der Waals surface area contributed by atoms with Gasteiger partial charge in [0.25, 0.3) is 5.19 Å². The quantitative estimate of drug-likeness (QED) is 0.742. The van der Waals surface area contributed by atoms with Crippen LogP contribution in [-0.4, -0.2) is 34.7 Å². The van der Waals surface area contributed by atoms with Gasteiger partial charge in [-0.3, -0.25) is 4.90 Å². The second kappa shape index (κ2) is 7.52. The molecule has 0 bridgehead atoms. The lowest BCUT2D eigenvalue weighted by atomic mass is 9.98. The van der Waals surface area contributed by atoms with E-state index in [1.165, 1.54) is 12.0 Å². The first-order valence-corrected chi connectivity index (χ1v) is 9.57. The molecule has 0 spiro atoms. The van der Waals surface area contributed by atoms with Crippen molar-refractivity contribution < 1.29 is 9.84 Å². The van der Waals surface area contributed by atoms with Crippen molar-refractivity contribution in [3.8, 4) is 10.9 Å². The number of aliphatic hydroxyl groups excluding tert-OH is 1. The highest BCUT2D eigenvalue weighted by atomic mass is 32.1. The number of hydrogen-bond acceptors (Lipinski definition) is 5. The number of ether oxygens (including phenoxy) is 1. The molecule has 5 heteroatoms. The highest BCUT2D eigenvalue weighted by molar-refractivity contribution is 7.20. The minimum Gasteiger partial charge on any atom is -0.431 e. The van der Waals surface area contributed by atoms with Crippen LogP contribution in [0.15, 0.2) is 48.5 Å². The topological polar surface area (TPSA) is 45.6 Å². The van der Waals surface area contributed by atoms with Crippen LogP contribution in [0.4, 0.5) is 0 Å². The van der Waals surface area contributed by atoms with Crippen molar-refractivity contribution in [2.45, 2.75) is 19.4 Å². The zero-order chi connectivity index (χ0) is 17.1. The Hall–Kier alpha value is -1.95. The molecule has 25 heavy (non-hydrogen) atoms. The van der Waals surface area contributed by atoms with Crippen molar-refractivity contribution in [2.24, 2.45) is 5.92 Å². The standard InChI is InChI=1S/C20H22N2O2S/c23-14-16-4-3-11-22(13-16)12-15-7-9-17(10-8-15)24-20-21-18-5-1-2-6-19(18)25-20/h1-2,5-10,16,23H,3-4,11-14H2. The molecule has 1 aromatic heterocycles. The number of aliphatic hydroxyl groups is 1. The normalized spacial score (nSPS) is 18.5. The van der Waals surface area contributed by atoms with Gasteiger partial charge in [0.15, 0.2) is 0 Å². The molecule has 1 fully saturated rings. The number of likely N-dealkylation sites (tertiary alicyclic amines) is 1. The Balaban J connectivity index is 1.39. The largest absolute Gasteiger partial charge is 0.431 e. The fraction of sp³-hybridized carbons (Fsp3) is 0.350. The number of piperidine rings is 1. The Bertz CT molecular complexity index is 798. The summed E-state index contributed by atoms with van der Waals surface area (Å²) in [7, 11) is 0. The molecule has 1 atom stereocenters. The summed E-state index contributed by atoms with van der Waals surface area (Å²) in [4.78, 5) is 6.93. The fourth-order valence-electron chi connectivity index (χ4n) is 3.36. The van der Waals surface area contributed by atoms with Crippen LogP contribution in [0.1, 0.15) is 18.4 Å². The minimum atomic E-state index is 0.297. The van der Waals surface area contributed by atoms with E-state index in [0.29, 0.717) is 17.7 Å². The SMILES string of the molecule is OCC1CCCN(Cc2ccc(Oc3nc4ccccc4s3)cc2)C1. The molecule has 1 N–H and O–H groups in total. The van der Waals surface area contributed by atoms with Crippen LogP contribution in [0.5, 0.6) is 10.9 Å². The highest BCUT2D eigenvalue weighted by Crippen LogP contribution is 2.31. The van der Waals surface area contributed by atoms with Crippen molar-refractivity contribution in [1.82, 2.24) is 9.88 Å². The monoisotopic (exact) mass is 354 g/mol. The summed E-state index contributed by atoms with van der Waals surface area (Å²) in [5, 5.41) is 10.0. The first-order chi connectivity index (χ1) is 12.3. The molecule has 1 aliphatic heterocycles. The molecule has 0 amide bonds. The number of fused-ring (bicyclic) bond motifs is 1. The van der Waals surface area contributed by atoms with Crippen molar-refractivity contribution in [2.75, 3.05) is 19.7 Å². The zero-order valence-corrected chi connectivity index (χ0v) is 14.9. The molecule has 0 radical (unpaired) electrons. The second-order valence-electron chi connectivity index (χ2n) is 6.62. The summed E-state index contributed by atoms with van der Waals surface area (Å²) < 4.78 is 7.04. The van der Waals surface area contributed by atoms with E-state index < -0.39 is 0 Å². The molecule has 1 saturated heterocycles. The summed E-state index contributed by atoms with van der Waals surface area (Å²) >= 11 is 1.56. The third kappa shape index (κ3) is 4.00. The third-order valence-electron chi connectivity index (χ3n) is 4.67. The van der Waals surface area contributed by atoms with Crippen LogP contribution >= 0.6 is 11.3 Å². The van der Waals surface area contributed by atoms with E-state index in [2.05, 4.69) is 28.1 Å². The lowest BCUT2D eigenvalue weighted by molar-refractivity contribution is 0.116. The van der Waals surface area contributed by atoms with E-state index in [-0.39, 0.29) is 0 Å². The number of thiazole rings is 1. The maximum atomic E-state index is 9.36. The van der Waals surface area contributed by atoms with E-state index in [9.17, 15) is 5.11 Å². The Morgan fingerprint density at radius 1 is 1.16 bits per heavy atom. The lowest BCUT2D eigenvalue weighted by Gasteiger charge is -2.31. The average Bonchev–Trinajstić information content (AvgIpc) is 3.06. The van der Waals surface area contributed by atoms with Gasteiger partial charge in [-0.25, -0.2) is 4.98 Å². The smallest absolute Gasteiger partial charge is 0.279 e. The summed E-state index contributed by atoms with van der Waals surface area (Å²) in [5.41, 5.74) is 2.25. The van der Waals surface area contributed by atoms with Gasteiger partial charge in [0.05, 0.1) is 10.2 Å². The number of nitrogens with zero attached hydrogens (tertiary/aromatic N) is 2. The summed E-state index contributed by atoms with van der Waals surface area (Å²) in [6.45, 7) is 3.32. The van der Waals surface area contributed by atoms with Gasteiger partial charge in [-0.05, 0) is 55.1 Å². The molecule has 2 heterocycles. The van der Waals surface area contributed by atoms with Gasteiger partial charge in [0.1, 0.15) is 5.75 Å². The van der Waals surface area contributed by atoms with E-state index >= 15 is 0 Å². The fourth-order valence-corrected chi connectivity index (χ4v) is 4.20. The Labute approximate surface area is 151 Å². The maximum Gasteiger partial charge on any atom is 0.279 e. The molecule has 0 aliphatic carbocycles. The van der Waals surface area contributed by atoms with Crippen molar-refractivity contribution in [3.63, 3.8) is 0 Å². The van der Waals surface area contributed by atoms with E-state index in [1.54, 1.807) is 11.3 Å². The van der Waals surface area contributed by atoms with Crippen LogP contribution < -0.4 is 4.74 Å². The molecule has 4 nitrogen and oxygen atoms in total. The molecule has 130 valence electrons. The third-order valence-corrected chi connectivity index (χ3v) is 5.58. The molecule has 1 unspecified atom stereocenters. The number of hydrogen-bond donors (Lipinski definition) is 1. The van der Waals surface area contributed by atoms with E-state index in [4.69, 9.17) is 4.74 Å². The Kier molecular flexibility index (Phi) is 4.97. The predicted molar refractivity (Wildman–Crippen MR) is 101 cm³/mol. The highest BCUT2D eigenvalue weighted by Gasteiger charge is 2.19. The van der Waals surface area contributed by atoms with Gasteiger partial charge in [0, 0.05) is 19.7 Å². The molecular formula is C20H22N2O2S. The minimum absolute atomic E-state index is 0.297. The molecule has 0 saturated carbocycles. The first kappa shape index (κ1) is 16.5. The summed E-state index contributed by atoms with van der Waals surface area (Å²) in [6, 6.07) is 16.3. The van der Waals surface area contributed by atoms with Crippen molar-refractivity contribution >= 4 is 21.6 Å². The average molecular weight is 354 g/mol. The van der Waals surface area contributed by atoms with Crippen LogP contribution in [0, 0.1) is 5.92 Å². The van der Waals surface area contributed by atoms with Crippen molar-refractivity contribution in [1.29, 1.82) is 0 Å². The van der Waals surface area contributed by atoms with Crippen LogP contribution in [0.25, 0.3) is 10.2 Å². The maximum absolute atomic E-state index is 9.36. The summed E-state index contributed by atoms with van der Waals surface area (Å²) in [5.74, 6) is 1.24. The van der Waals surface area contributed by atoms with Gasteiger partial charge >= 0.3 is 0 Å². The zero-order valence-electron chi connectivity index (χ0n) is 14.1. The van der Waals surface area contributed by atoms with E-state index in [1.807, 2.05) is 30.3 Å². The molecular weight excluding hydrogens is 332 g/mol. The summed E-state index contributed by atoms with van der Waals surface area (Å²) in [6.07, 6.45) is 2.31. The molecule has 1 aliphatic rings. The van der Waals surface area contributed by atoms with Crippen LogP contribution in [-0.2, 0) is 6.54 Å². The van der Waals surface area contributed by atoms with Gasteiger partial charge in [-0.1, -0.05) is 35.6 Å². The number of benzene rings is 2. The van der Waals surface area contributed by atoms with Gasteiger partial charge in [-0.2, -0.15) is 0 Å². The second-order valence-corrected chi connectivity index (χ2v) is 7.61. The predicted octanol–water partition coefficient (Wildman–Crippen LogP) is 4.29. The van der Waals surface area contributed by atoms with Crippen LogP contribution in [0.3, 0.4) is 0 Å². The Morgan fingerprint density at radius 2 is 2.00 bits per heavy atom. The van der Waals surface area contributed by atoms with E-state index in [0.717, 1.165) is 42.0 Å². The number of para-hydroxylation sites is 1. The number of rotatable bonds is 5. The van der Waals surface area contributed by atoms with Crippen LogP contribution in [0.2, 0.25) is 0 Å². The molecule has 2 aromatic carbocycles. The number of aromatic nitrogens is 1. The first-order valence-electron chi connectivity index (χ1n) is 8.76. The molecule has 4 rings (SSSR count). The Morgan fingerprint density at radius 3 is 2.80 bits per heavy atom. The van der Waals surface area contributed by atoms with Gasteiger partial charge in [-0.15, -0.1) is 0 Å². The van der Waals surface area contributed by atoms with Gasteiger partial charge in [0.2, 0.25) is 0 Å².